The van der Waals surface area contributed by atoms with E-state index in [9.17, 15) is 9.59 Å². The van der Waals surface area contributed by atoms with E-state index in [4.69, 9.17) is 9.72 Å². The molecule has 0 aliphatic carbocycles. The van der Waals surface area contributed by atoms with Gasteiger partial charge in [-0.2, -0.15) is 0 Å². The van der Waals surface area contributed by atoms with Crippen LogP contribution in [0.25, 0.3) is 32.2 Å². The molecule has 0 fully saturated rings. The second-order valence-corrected chi connectivity index (χ2v) is 10.1. The minimum atomic E-state index is -0.419. The van der Waals surface area contributed by atoms with Gasteiger partial charge < -0.3 is 10.1 Å². The number of pyridine rings is 1. The molecule has 0 atom stereocenters. The summed E-state index contributed by atoms with van der Waals surface area (Å²) in [4.78, 5) is 31.9. The SMILES string of the molecule is CCCCOC(=O)c1c(NC(=O)c2c(C)c(-c3ccc(C)cc3)nc3ccccc23)sc2ccccc12. The molecule has 5 nitrogen and oxygen atoms in total. The Kier molecular flexibility index (Phi) is 7.01. The molecule has 0 aliphatic heterocycles. The van der Waals surface area contributed by atoms with Crippen molar-refractivity contribution in [3.05, 3.63) is 95.1 Å². The molecule has 6 heteroatoms. The lowest BCUT2D eigenvalue weighted by Crippen LogP contribution is -2.17. The van der Waals surface area contributed by atoms with E-state index >= 15 is 0 Å². The van der Waals surface area contributed by atoms with Crippen LogP contribution in [0.4, 0.5) is 5.00 Å². The largest absolute Gasteiger partial charge is 0.462 e. The first-order valence-electron chi connectivity index (χ1n) is 12.4. The minimum Gasteiger partial charge on any atom is -0.462 e. The predicted molar refractivity (Wildman–Crippen MR) is 152 cm³/mol. The number of fused-ring (bicyclic) bond motifs is 2. The second kappa shape index (κ2) is 10.5. The van der Waals surface area contributed by atoms with Crippen LogP contribution in [0.5, 0.6) is 0 Å². The monoisotopic (exact) mass is 508 g/mol. The lowest BCUT2D eigenvalue weighted by molar-refractivity contribution is 0.0503. The Bertz CT molecular complexity index is 1620. The Hall–Kier alpha value is -4.03. The van der Waals surface area contributed by atoms with Gasteiger partial charge in [-0.1, -0.05) is 79.6 Å². The van der Waals surface area contributed by atoms with Crippen LogP contribution in [-0.2, 0) is 4.74 Å². The van der Waals surface area contributed by atoms with Gasteiger partial charge in [-0.25, -0.2) is 9.78 Å². The third-order valence-electron chi connectivity index (χ3n) is 6.45. The van der Waals surface area contributed by atoms with E-state index in [1.54, 1.807) is 0 Å². The number of benzene rings is 3. The molecule has 37 heavy (non-hydrogen) atoms. The summed E-state index contributed by atoms with van der Waals surface area (Å²) in [6, 6.07) is 23.4. The highest BCUT2D eigenvalue weighted by molar-refractivity contribution is 7.23. The van der Waals surface area contributed by atoms with E-state index in [-0.39, 0.29) is 5.91 Å². The van der Waals surface area contributed by atoms with Gasteiger partial charge in [0.1, 0.15) is 10.6 Å². The molecule has 2 aromatic heterocycles. The van der Waals surface area contributed by atoms with E-state index in [1.807, 2.05) is 93.6 Å². The highest BCUT2D eigenvalue weighted by Gasteiger charge is 2.25. The average molecular weight is 509 g/mol. The summed E-state index contributed by atoms with van der Waals surface area (Å²) < 4.78 is 6.46. The molecule has 0 spiro atoms. The van der Waals surface area contributed by atoms with Crippen LogP contribution in [0, 0.1) is 13.8 Å². The van der Waals surface area contributed by atoms with E-state index < -0.39 is 5.97 Å². The zero-order chi connectivity index (χ0) is 25.9. The molecule has 0 aliphatic rings. The first-order valence-corrected chi connectivity index (χ1v) is 13.3. The quantitative estimate of drug-likeness (QED) is 0.179. The number of amides is 1. The van der Waals surface area contributed by atoms with Gasteiger partial charge >= 0.3 is 5.97 Å². The highest BCUT2D eigenvalue weighted by atomic mass is 32.1. The molecule has 5 rings (SSSR count). The Morgan fingerprint density at radius 2 is 1.59 bits per heavy atom. The number of nitrogens with one attached hydrogen (secondary N) is 1. The number of thiophene rings is 1. The van der Waals surface area contributed by atoms with Crippen molar-refractivity contribution in [3.63, 3.8) is 0 Å². The fraction of sp³-hybridized carbons (Fsp3) is 0.194. The summed E-state index contributed by atoms with van der Waals surface area (Å²) in [5, 5.41) is 5.09. The summed E-state index contributed by atoms with van der Waals surface area (Å²) in [6.07, 6.45) is 1.72. The zero-order valence-corrected chi connectivity index (χ0v) is 21.9. The molecule has 0 radical (unpaired) electrons. The van der Waals surface area contributed by atoms with Gasteiger partial charge in [0.25, 0.3) is 5.91 Å². The van der Waals surface area contributed by atoms with Crippen molar-refractivity contribution in [1.29, 1.82) is 0 Å². The summed E-state index contributed by atoms with van der Waals surface area (Å²) in [5.74, 6) is -0.698. The standard InChI is InChI=1S/C31H28N2O3S/c1-4-5-18-36-31(35)27-23-11-7-9-13-25(23)37-30(27)33-29(34)26-20(3)28(21-16-14-19(2)15-17-21)32-24-12-8-6-10-22(24)26/h6-17H,4-5,18H2,1-3H3,(H,33,34). The van der Waals surface area contributed by atoms with E-state index in [1.165, 1.54) is 11.3 Å². The molecule has 2 heterocycles. The third kappa shape index (κ3) is 4.85. The number of nitrogens with zero attached hydrogens (tertiary/aromatic N) is 1. The molecular weight excluding hydrogens is 480 g/mol. The number of carbonyl (C=O) groups is 2. The Labute approximate surface area is 220 Å². The fourth-order valence-corrected chi connectivity index (χ4v) is 5.56. The van der Waals surface area contributed by atoms with Gasteiger partial charge in [0.05, 0.1) is 23.4 Å². The number of hydrogen-bond acceptors (Lipinski definition) is 5. The number of ether oxygens (including phenoxy) is 1. The molecule has 0 bridgehead atoms. The summed E-state index contributed by atoms with van der Waals surface area (Å²) in [7, 11) is 0. The Morgan fingerprint density at radius 1 is 0.892 bits per heavy atom. The zero-order valence-electron chi connectivity index (χ0n) is 21.1. The smallest absolute Gasteiger partial charge is 0.341 e. The molecule has 0 saturated heterocycles. The summed E-state index contributed by atoms with van der Waals surface area (Å²) in [6.45, 7) is 6.36. The maximum atomic E-state index is 13.9. The molecule has 186 valence electrons. The normalized spacial score (nSPS) is 11.1. The molecule has 3 aromatic carbocycles. The van der Waals surface area contributed by atoms with Crippen molar-refractivity contribution in [2.45, 2.75) is 33.6 Å². The van der Waals surface area contributed by atoms with Crippen LogP contribution in [0.1, 0.15) is 51.6 Å². The van der Waals surface area contributed by atoms with Gasteiger partial charge in [-0.05, 0) is 38.0 Å². The highest BCUT2D eigenvalue weighted by Crippen LogP contribution is 2.37. The third-order valence-corrected chi connectivity index (χ3v) is 7.53. The minimum absolute atomic E-state index is 0.279. The van der Waals surface area contributed by atoms with Crippen LogP contribution in [-0.4, -0.2) is 23.5 Å². The van der Waals surface area contributed by atoms with Crippen LogP contribution in [0.15, 0.2) is 72.8 Å². The van der Waals surface area contributed by atoms with Gasteiger partial charge in [0, 0.05) is 21.0 Å². The summed E-state index contributed by atoms with van der Waals surface area (Å²) >= 11 is 1.38. The molecule has 5 aromatic rings. The number of para-hydroxylation sites is 1. The van der Waals surface area contributed by atoms with Gasteiger partial charge in [-0.15, -0.1) is 11.3 Å². The Morgan fingerprint density at radius 3 is 2.35 bits per heavy atom. The van der Waals surface area contributed by atoms with Crippen LogP contribution in [0.2, 0.25) is 0 Å². The summed E-state index contributed by atoms with van der Waals surface area (Å²) in [5.41, 5.74) is 5.34. The van der Waals surface area contributed by atoms with Crippen molar-refractivity contribution in [3.8, 4) is 11.3 Å². The number of esters is 1. The van der Waals surface area contributed by atoms with Gasteiger partial charge in [0.2, 0.25) is 0 Å². The molecule has 1 N–H and O–H groups in total. The van der Waals surface area contributed by atoms with E-state index in [0.29, 0.717) is 22.7 Å². The first-order chi connectivity index (χ1) is 18.0. The number of rotatable bonds is 7. The van der Waals surface area contributed by atoms with Crippen molar-refractivity contribution in [2.24, 2.45) is 0 Å². The molecule has 0 saturated carbocycles. The lowest BCUT2D eigenvalue weighted by Gasteiger charge is -2.15. The van der Waals surface area contributed by atoms with Gasteiger partial charge in [0.15, 0.2) is 0 Å². The van der Waals surface area contributed by atoms with Crippen molar-refractivity contribution < 1.29 is 14.3 Å². The van der Waals surface area contributed by atoms with Crippen molar-refractivity contribution >= 4 is 49.2 Å². The van der Waals surface area contributed by atoms with E-state index in [0.717, 1.165) is 56.2 Å². The number of carbonyl (C=O) groups excluding carboxylic acids is 2. The molecule has 0 unspecified atom stereocenters. The predicted octanol–water partition coefficient (Wildman–Crippen LogP) is 7.94. The van der Waals surface area contributed by atoms with Crippen LogP contribution < -0.4 is 5.32 Å². The Balaban J connectivity index is 1.60. The lowest BCUT2D eigenvalue weighted by atomic mass is 9.96. The fourth-order valence-electron chi connectivity index (χ4n) is 4.48. The van der Waals surface area contributed by atoms with Crippen LogP contribution >= 0.6 is 11.3 Å². The number of anilines is 1. The van der Waals surface area contributed by atoms with E-state index in [2.05, 4.69) is 5.32 Å². The maximum Gasteiger partial charge on any atom is 0.341 e. The second-order valence-electron chi connectivity index (χ2n) is 9.09. The average Bonchev–Trinajstić information content (AvgIpc) is 3.26. The van der Waals surface area contributed by atoms with Crippen molar-refractivity contribution in [2.75, 3.05) is 11.9 Å². The van der Waals surface area contributed by atoms with Crippen LogP contribution in [0.3, 0.4) is 0 Å². The number of hydrogen-bond donors (Lipinski definition) is 1. The number of unbranched alkanes of at least 4 members (excludes halogenated alkanes) is 1. The maximum absolute atomic E-state index is 13.9. The number of aryl methyl sites for hydroxylation is 1. The number of aromatic nitrogens is 1. The molecular formula is C31H28N2O3S. The first kappa shape index (κ1) is 24.7. The molecule has 1 amide bonds. The van der Waals surface area contributed by atoms with Crippen molar-refractivity contribution in [1.82, 2.24) is 4.98 Å². The topological polar surface area (TPSA) is 68.3 Å². The van der Waals surface area contributed by atoms with Gasteiger partial charge in [-0.3, -0.25) is 4.79 Å².